The molecule has 154 valence electrons. The Morgan fingerprint density at radius 3 is 2.66 bits per heavy atom. The number of halogens is 1. The van der Waals surface area contributed by atoms with E-state index in [4.69, 9.17) is 11.5 Å². The molecule has 1 aromatic carbocycles. The van der Waals surface area contributed by atoms with Gasteiger partial charge in [0.2, 0.25) is 11.8 Å². The van der Waals surface area contributed by atoms with E-state index in [9.17, 15) is 19.1 Å². The Hall–Kier alpha value is -3.20. The molecule has 1 aliphatic rings. The van der Waals surface area contributed by atoms with E-state index in [2.05, 4.69) is 10.3 Å². The summed E-state index contributed by atoms with van der Waals surface area (Å²) in [5, 5.41) is 12.9. The summed E-state index contributed by atoms with van der Waals surface area (Å²) in [7, 11) is 0. The molecule has 1 aromatic heterocycles. The molecular weight excluding hydrogens is 377 g/mol. The van der Waals surface area contributed by atoms with Crippen molar-refractivity contribution in [2.45, 2.75) is 24.9 Å². The van der Waals surface area contributed by atoms with E-state index in [1.807, 2.05) is 4.90 Å². The molecule has 0 bridgehead atoms. The minimum atomic E-state index is -1.32. The summed E-state index contributed by atoms with van der Waals surface area (Å²) in [4.78, 5) is 30.0. The number of amides is 2. The van der Waals surface area contributed by atoms with Crippen molar-refractivity contribution in [3.05, 3.63) is 53.3 Å². The highest BCUT2D eigenvalue weighted by Crippen LogP contribution is 2.28. The Morgan fingerprint density at radius 1 is 1.28 bits per heavy atom. The summed E-state index contributed by atoms with van der Waals surface area (Å²) >= 11 is 0. The van der Waals surface area contributed by atoms with Gasteiger partial charge in [0, 0.05) is 25.2 Å². The maximum absolute atomic E-state index is 13.4. The largest absolute Gasteiger partial charge is 0.391 e. The van der Waals surface area contributed by atoms with Gasteiger partial charge in [-0.2, -0.15) is 0 Å². The fraction of sp³-hybridized carbons (Fsp3) is 0.350. The fourth-order valence-electron chi connectivity index (χ4n) is 3.42. The molecule has 29 heavy (non-hydrogen) atoms. The molecule has 2 heterocycles. The van der Waals surface area contributed by atoms with Crippen molar-refractivity contribution in [3.63, 3.8) is 0 Å². The lowest BCUT2D eigenvalue weighted by Crippen LogP contribution is -2.34. The number of β-amino-alcohol motifs (C(OH)–C–C–N with tert-alkyl or cyclic N) is 1. The summed E-state index contributed by atoms with van der Waals surface area (Å²) in [5.41, 5.74) is 11.8. The number of carbonyl (C=O) groups excluding carboxylic acids is 2. The molecule has 6 N–H and O–H groups in total. The third kappa shape index (κ3) is 5.00. The van der Waals surface area contributed by atoms with E-state index in [0.29, 0.717) is 44.1 Å². The number of nitrogens with two attached hydrogens (primary N) is 2. The molecule has 1 aliphatic heterocycles. The molecule has 0 spiro atoms. The standard InChI is InChI=1S/C20H24FN5O3/c21-13-3-1-2-12(10-13)6-8-24-20-15(17(18(22)28)19(23)29)4-5-16(25-20)26-9-7-14(27)11-26/h1-5,10,14,17,27H,6-9,11H2,(H2,22,28)(H2,23,29)(H,24,25). The zero-order valence-corrected chi connectivity index (χ0v) is 15.8. The Kier molecular flexibility index (Phi) is 6.28. The van der Waals surface area contributed by atoms with Crippen molar-refractivity contribution in [2.75, 3.05) is 29.9 Å². The van der Waals surface area contributed by atoms with Crippen LogP contribution in [0, 0.1) is 5.82 Å². The first-order chi connectivity index (χ1) is 13.8. The zero-order chi connectivity index (χ0) is 21.0. The van der Waals surface area contributed by atoms with Crippen LogP contribution in [0.25, 0.3) is 0 Å². The Bertz CT molecular complexity index is 893. The number of nitrogens with one attached hydrogen (secondary N) is 1. The van der Waals surface area contributed by atoms with Crippen molar-refractivity contribution < 1.29 is 19.1 Å². The van der Waals surface area contributed by atoms with Crippen LogP contribution in [0.2, 0.25) is 0 Å². The van der Waals surface area contributed by atoms with Gasteiger partial charge >= 0.3 is 0 Å². The highest BCUT2D eigenvalue weighted by molar-refractivity contribution is 6.05. The zero-order valence-electron chi connectivity index (χ0n) is 15.8. The van der Waals surface area contributed by atoms with Crippen LogP contribution in [0.15, 0.2) is 36.4 Å². The number of aliphatic hydroxyl groups is 1. The molecule has 0 radical (unpaired) electrons. The van der Waals surface area contributed by atoms with E-state index in [0.717, 1.165) is 5.56 Å². The molecule has 8 nitrogen and oxygen atoms in total. The van der Waals surface area contributed by atoms with Gasteiger partial charge in [-0.1, -0.05) is 18.2 Å². The van der Waals surface area contributed by atoms with Crippen LogP contribution in [-0.4, -0.2) is 47.6 Å². The van der Waals surface area contributed by atoms with Crippen LogP contribution in [0.5, 0.6) is 0 Å². The lowest BCUT2D eigenvalue weighted by molar-refractivity contribution is -0.128. The molecule has 1 fully saturated rings. The summed E-state index contributed by atoms with van der Waals surface area (Å²) in [5.74, 6) is -2.46. The number of benzene rings is 1. The number of aromatic nitrogens is 1. The van der Waals surface area contributed by atoms with Crippen molar-refractivity contribution in [1.82, 2.24) is 4.98 Å². The van der Waals surface area contributed by atoms with Gasteiger partial charge in [0.05, 0.1) is 6.10 Å². The highest BCUT2D eigenvalue weighted by Gasteiger charge is 2.29. The smallest absolute Gasteiger partial charge is 0.234 e. The molecule has 1 saturated heterocycles. The van der Waals surface area contributed by atoms with Crippen LogP contribution in [-0.2, 0) is 16.0 Å². The Labute approximate surface area is 167 Å². The van der Waals surface area contributed by atoms with Gasteiger partial charge in [-0.3, -0.25) is 9.59 Å². The van der Waals surface area contributed by atoms with Crippen LogP contribution < -0.4 is 21.7 Å². The monoisotopic (exact) mass is 401 g/mol. The van der Waals surface area contributed by atoms with E-state index in [1.165, 1.54) is 12.1 Å². The van der Waals surface area contributed by atoms with Crippen LogP contribution in [0.4, 0.5) is 16.0 Å². The Morgan fingerprint density at radius 2 is 2.03 bits per heavy atom. The molecule has 1 unspecified atom stereocenters. The summed E-state index contributed by atoms with van der Waals surface area (Å²) in [6, 6.07) is 9.50. The first-order valence-corrected chi connectivity index (χ1v) is 9.36. The fourth-order valence-corrected chi connectivity index (χ4v) is 3.42. The predicted octanol–water partition coefficient (Wildman–Crippen LogP) is 0.501. The van der Waals surface area contributed by atoms with Crippen molar-refractivity contribution in [3.8, 4) is 0 Å². The van der Waals surface area contributed by atoms with E-state index in [1.54, 1.807) is 24.3 Å². The highest BCUT2D eigenvalue weighted by atomic mass is 19.1. The number of primary amides is 2. The van der Waals surface area contributed by atoms with Crippen molar-refractivity contribution >= 4 is 23.5 Å². The predicted molar refractivity (Wildman–Crippen MR) is 107 cm³/mol. The number of hydrogen-bond acceptors (Lipinski definition) is 6. The molecule has 2 aromatic rings. The van der Waals surface area contributed by atoms with Gasteiger partial charge in [0.1, 0.15) is 23.4 Å². The minimum absolute atomic E-state index is 0.285. The van der Waals surface area contributed by atoms with Crippen LogP contribution in [0.3, 0.4) is 0 Å². The van der Waals surface area contributed by atoms with E-state index >= 15 is 0 Å². The SMILES string of the molecule is NC(=O)C(C(N)=O)c1ccc(N2CCC(O)C2)nc1NCCc1cccc(F)c1. The normalized spacial score (nSPS) is 16.2. The molecule has 9 heteroatoms. The summed E-state index contributed by atoms with van der Waals surface area (Å²) in [6.07, 6.45) is 0.713. The number of pyridine rings is 1. The first kappa shape index (κ1) is 20.5. The second-order valence-corrected chi connectivity index (χ2v) is 7.04. The number of nitrogens with zero attached hydrogens (tertiary/aromatic N) is 2. The number of rotatable bonds is 8. The average Bonchev–Trinajstić information content (AvgIpc) is 3.09. The third-order valence-electron chi connectivity index (χ3n) is 4.87. The van der Waals surface area contributed by atoms with Gasteiger partial charge in [-0.25, -0.2) is 9.37 Å². The molecule has 1 atom stereocenters. The van der Waals surface area contributed by atoms with Crippen molar-refractivity contribution in [2.24, 2.45) is 11.5 Å². The van der Waals surface area contributed by atoms with Crippen LogP contribution in [0.1, 0.15) is 23.5 Å². The second kappa shape index (κ2) is 8.87. The lowest BCUT2D eigenvalue weighted by atomic mass is 9.98. The average molecular weight is 401 g/mol. The summed E-state index contributed by atoms with van der Waals surface area (Å²) in [6.45, 7) is 1.48. The number of hydrogen-bond donors (Lipinski definition) is 4. The van der Waals surface area contributed by atoms with Gasteiger partial charge in [-0.05, 0) is 36.6 Å². The number of anilines is 2. The molecular formula is C20H24FN5O3. The summed E-state index contributed by atoms with van der Waals surface area (Å²) < 4.78 is 13.4. The van der Waals surface area contributed by atoms with E-state index < -0.39 is 23.8 Å². The molecule has 3 rings (SSSR count). The van der Waals surface area contributed by atoms with Crippen molar-refractivity contribution in [1.29, 1.82) is 0 Å². The molecule has 0 aliphatic carbocycles. The minimum Gasteiger partial charge on any atom is -0.391 e. The maximum Gasteiger partial charge on any atom is 0.234 e. The lowest BCUT2D eigenvalue weighted by Gasteiger charge is -2.21. The topological polar surface area (TPSA) is 135 Å². The third-order valence-corrected chi connectivity index (χ3v) is 4.87. The van der Waals surface area contributed by atoms with E-state index in [-0.39, 0.29) is 11.4 Å². The van der Waals surface area contributed by atoms with Gasteiger partial charge in [0.15, 0.2) is 0 Å². The van der Waals surface area contributed by atoms with Gasteiger partial charge < -0.3 is 26.8 Å². The number of aliphatic hydroxyl groups excluding tert-OH is 1. The molecule has 2 amide bonds. The maximum atomic E-state index is 13.4. The van der Waals surface area contributed by atoms with Crippen LogP contribution >= 0.6 is 0 Å². The first-order valence-electron chi connectivity index (χ1n) is 9.36. The number of carbonyl (C=O) groups is 2. The quantitative estimate of drug-likeness (QED) is 0.476. The van der Waals surface area contributed by atoms with Gasteiger partial charge in [-0.15, -0.1) is 0 Å². The van der Waals surface area contributed by atoms with Gasteiger partial charge in [0.25, 0.3) is 0 Å². The second-order valence-electron chi connectivity index (χ2n) is 7.04. The molecule has 0 saturated carbocycles. The Balaban J connectivity index is 1.85.